The molecule has 0 unspecified atom stereocenters. The molecule has 2 aromatic rings. The van der Waals surface area contributed by atoms with E-state index in [0.29, 0.717) is 18.6 Å². The third kappa shape index (κ3) is 3.41. The SMILES string of the molecule is O=Cc1cc(OCCc2ccccc2)ccc1[N+](=O)[O-]. The van der Waals surface area contributed by atoms with Gasteiger partial charge in [0.05, 0.1) is 17.1 Å². The lowest BCUT2D eigenvalue weighted by molar-refractivity contribution is -0.385. The molecule has 0 saturated carbocycles. The van der Waals surface area contributed by atoms with Crippen LogP contribution in [0.2, 0.25) is 0 Å². The Morgan fingerprint density at radius 1 is 1.15 bits per heavy atom. The molecule has 20 heavy (non-hydrogen) atoms. The molecule has 0 atom stereocenters. The lowest BCUT2D eigenvalue weighted by Gasteiger charge is -2.07. The zero-order valence-electron chi connectivity index (χ0n) is 10.7. The highest BCUT2D eigenvalue weighted by molar-refractivity contribution is 5.82. The summed E-state index contributed by atoms with van der Waals surface area (Å²) < 4.78 is 5.51. The minimum atomic E-state index is -0.586. The van der Waals surface area contributed by atoms with Gasteiger partial charge in [-0.3, -0.25) is 14.9 Å². The highest BCUT2D eigenvalue weighted by atomic mass is 16.6. The van der Waals surface area contributed by atoms with E-state index in [4.69, 9.17) is 4.74 Å². The standard InChI is InChI=1S/C15H13NO4/c17-11-13-10-14(6-7-15(13)16(18)19)20-9-8-12-4-2-1-3-5-12/h1-7,10-11H,8-9H2. The van der Waals surface area contributed by atoms with E-state index in [0.717, 1.165) is 12.0 Å². The summed E-state index contributed by atoms with van der Waals surface area (Å²) in [7, 11) is 0. The maximum atomic E-state index is 10.8. The minimum absolute atomic E-state index is 0.0206. The lowest BCUT2D eigenvalue weighted by Crippen LogP contribution is -2.02. The van der Waals surface area contributed by atoms with Crippen molar-refractivity contribution >= 4 is 12.0 Å². The molecule has 2 rings (SSSR count). The predicted molar refractivity (Wildman–Crippen MR) is 74.1 cm³/mol. The first-order valence-electron chi connectivity index (χ1n) is 6.11. The van der Waals surface area contributed by atoms with Crippen LogP contribution in [-0.2, 0) is 6.42 Å². The molecular formula is C15H13NO4. The Morgan fingerprint density at radius 2 is 1.90 bits per heavy atom. The van der Waals surface area contributed by atoms with Gasteiger partial charge >= 0.3 is 0 Å². The number of nitrogens with zero attached hydrogens (tertiary/aromatic N) is 1. The van der Waals surface area contributed by atoms with Gasteiger partial charge in [0, 0.05) is 12.5 Å². The molecule has 0 aliphatic carbocycles. The number of hydrogen-bond donors (Lipinski definition) is 0. The monoisotopic (exact) mass is 271 g/mol. The first-order chi connectivity index (χ1) is 9.70. The Balaban J connectivity index is 2.00. The second kappa shape index (κ2) is 6.47. The number of nitro groups is 1. The van der Waals surface area contributed by atoms with Gasteiger partial charge in [-0.05, 0) is 17.7 Å². The second-order valence-corrected chi connectivity index (χ2v) is 4.18. The summed E-state index contributed by atoms with van der Waals surface area (Å²) in [6, 6.07) is 14.0. The Labute approximate surface area is 116 Å². The molecule has 0 spiro atoms. The molecule has 0 heterocycles. The fourth-order valence-corrected chi connectivity index (χ4v) is 1.81. The number of carbonyl (C=O) groups excluding carboxylic acids is 1. The van der Waals surface area contributed by atoms with Crippen molar-refractivity contribution in [1.29, 1.82) is 0 Å². The fourth-order valence-electron chi connectivity index (χ4n) is 1.81. The fraction of sp³-hybridized carbons (Fsp3) is 0.133. The summed E-state index contributed by atoms with van der Waals surface area (Å²) in [6.07, 6.45) is 1.19. The van der Waals surface area contributed by atoms with Gasteiger partial charge in [-0.2, -0.15) is 0 Å². The zero-order chi connectivity index (χ0) is 14.4. The summed E-state index contributed by atoms with van der Waals surface area (Å²) in [5.41, 5.74) is 0.952. The molecule has 0 fully saturated rings. The first-order valence-corrected chi connectivity index (χ1v) is 6.11. The zero-order valence-corrected chi connectivity index (χ0v) is 10.7. The Bertz CT molecular complexity index is 611. The van der Waals surface area contributed by atoms with E-state index >= 15 is 0 Å². The van der Waals surface area contributed by atoms with Crippen molar-refractivity contribution in [2.24, 2.45) is 0 Å². The van der Waals surface area contributed by atoms with Crippen LogP contribution >= 0.6 is 0 Å². The van der Waals surface area contributed by atoms with Crippen molar-refractivity contribution in [2.75, 3.05) is 6.61 Å². The van der Waals surface area contributed by atoms with E-state index in [2.05, 4.69) is 0 Å². The summed E-state index contributed by atoms with van der Waals surface area (Å²) in [4.78, 5) is 20.9. The number of benzene rings is 2. The molecule has 0 aliphatic heterocycles. The molecule has 0 aliphatic rings. The number of carbonyl (C=O) groups is 1. The maximum absolute atomic E-state index is 10.8. The second-order valence-electron chi connectivity index (χ2n) is 4.18. The van der Waals surface area contributed by atoms with Gasteiger partial charge < -0.3 is 4.74 Å². The van der Waals surface area contributed by atoms with Crippen LogP contribution < -0.4 is 4.74 Å². The molecular weight excluding hydrogens is 258 g/mol. The third-order valence-electron chi connectivity index (χ3n) is 2.82. The van der Waals surface area contributed by atoms with Crippen LogP contribution in [0.3, 0.4) is 0 Å². The van der Waals surface area contributed by atoms with Crippen LogP contribution in [0.25, 0.3) is 0 Å². The van der Waals surface area contributed by atoms with Crippen molar-refractivity contribution in [2.45, 2.75) is 6.42 Å². The van der Waals surface area contributed by atoms with Crippen molar-refractivity contribution in [3.05, 3.63) is 69.8 Å². The molecule has 0 amide bonds. The van der Waals surface area contributed by atoms with Crippen LogP contribution in [0.4, 0.5) is 5.69 Å². The van der Waals surface area contributed by atoms with Gasteiger partial charge in [0.1, 0.15) is 5.75 Å². The predicted octanol–water partition coefficient (Wildman–Crippen LogP) is 3.03. The Hall–Kier alpha value is -2.69. The number of hydrogen-bond acceptors (Lipinski definition) is 4. The maximum Gasteiger partial charge on any atom is 0.280 e. The van der Waals surface area contributed by atoms with Crippen LogP contribution in [0.5, 0.6) is 5.75 Å². The smallest absolute Gasteiger partial charge is 0.280 e. The number of nitro benzene ring substituents is 1. The van der Waals surface area contributed by atoms with Crippen molar-refractivity contribution < 1.29 is 14.5 Å². The van der Waals surface area contributed by atoms with Crippen LogP contribution in [0, 0.1) is 10.1 Å². The van der Waals surface area contributed by atoms with E-state index in [-0.39, 0.29) is 11.3 Å². The summed E-state index contributed by atoms with van der Waals surface area (Å²) in [5, 5.41) is 10.7. The molecule has 102 valence electrons. The molecule has 5 nitrogen and oxygen atoms in total. The Morgan fingerprint density at radius 3 is 2.55 bits per heavy atom. The van der Waals surface area contributed by atoms with Crippen molar-refractivity contribution in [3.63, 3.8) is 0 Å². The summed E-state index contributed by atoms with van der Waals surface area (Å²) >= 11 is 0. The average molecular weight is 271 g/mol. The molecule has 0 aromatic heterocycles. The highest BCUT2D eigenvalue weighted by Gasteiger charge is 2.13. The number of ether oxygens (including phenoxy) is 1. The molecule has 0 radical (unpaired) electrons. The molecule has 0 N–H and O–H groups in total. The topological polar surface area (TPSA) is 69.4 Å². The van der Waals surface area contributed by atoms with Gasteiger partial charge in [-0.25, -0.2) is 0 Å². The van der Waals surface area contributed by atoms with E-state index < -0.39 is 4.92 Å². The summed E-state index contributed by atoms with van der Waals surface area (Å²) in [5.74, 6) is 0.452. The Kier molecular flexibility index (Phi) is 4.44. The number of rotatable bonds is 6. The van der Waals surface area contributed by atoms with Gasteiger partial charge in [-0.1, -0.05) is 30.3 Å². The normalized spacial score (nSPS) is 10.0. The molecule has 0 saturated heterocycles. The first kappa shape index (κ1) is 13.7. The quantitative estimate of drug-likeness (QED) is 0.460. The largest absolute Gasteiger partial charge is 0.493 e. The van der Waals surface area contributed by atoms with Crippen LogP contribution in [-0.4, -0.2) is 17.8 Å². The van der Waals surface area contributed by atoms with Crippen LogP contribution in [0.1, 0.15) is 15.9 Å². The van der Waals surface area contributed by atoms with Crippen molar-refractivity contribution in [3.8, 4) is 5.75 Å². The van der Waals surface area contributed by atoms with Crippen molar-refractivity contribution in [1.82, 2.24) is 0 Å². The molecule has 0 bridgehead atoms. The van der Waals surface area contributed by atoms with Gasteiger partial charge in [0.2, 0.25) is 0 Å². The van der Waals surface area contributed by atoms with Crippen LogP contribution in [0.15, 0.2) is 48.5 Å². The van der Waals surface area contributed by atoms with E-state index in [1.165, 1.54) is 18.2 Å². The van der Waals surface area contributed by atoms with Gasteiger partial charge in [0.25, 0.3) is 5.69 Å². The van der Waals surface area contributed by atoms with Gasteiger partial charge in [-0.15, -0.1) is 0 Å². The molecule has 5 heteroatoms. The summed E-state index contributed by atoms with van der Waals surface area (Å²) in [6.45, 7) is 0.445. The number of aldehydes is 1. The van der Waals surface area contributed by atoms with E-state index in [9.17, 15) is 14.9 Å². The molecule has 2 aromatic carbocycles. The van der Waals surface area contributed by atoms with E-state index in [1.807, 2.05) is 30.3 Å². The lowest BCUT2D eigenvalue weighted by atomic mass is 10.1. The van der Waals surface area contributed by atoms with E-state index in [1.54, 1.807) is 0 Å². The average Bonchev–Trinajstić information content (AvgIpc) is 2.48. The highest BCUT2D eigenvalue weighted by Crippen LogP contribution is 2.22. The van der Waals surface area contributed by atoms with Gasteiger partial charge in [0.15, 0.2) is 6.29 Å². The third-order valence-corrected chi connectivity index (χ3v) is 2.82. The minimum Gasteiger partial charge on any atom is -0.493 e.